The first-order valence-electron chi connectivity index (χ1n) is 9.20. The van der Waals surface area contributed by atoms with Crippen LogP contribution in [0.25, 0.3) is 0 Å². The summed E-state index contributed by atoms with van der Waals surface area (Å²) in [7, 11) is 0. The Morgan fingerprint density at radius 3 is 2.77 bits per heavy atom. The summed E-state index contributed by atoms with van der Waals surface area (Å²) in [6, 6.07) is 5.99. The van der Waals surface area contributed by atoms with Crippen LogP contribution < -0.4 is 15.4 Å². The monoisotopic (exact) mass is 367 g/mol. The number of ether oxygens (including phenoxy) is 2. The van der Waals surface area contributed by atoms with Crippen molar-refractivity contribution < 1.29 is 19.0 Å². The normalized spacial score (nSPS) is 21.5. The minimum Gasteiger partial charge on any atom is -0.489 e. The Morgan fingerprint density at radius 1 is 1.38 bits per heavy atom. The number of hydrogen-bond donors (Lipinski definition) is 3. The van der Waals surface area contributed by atoms with Gasteiger partial charge in [-0.2, -0.15) is 0 Å². The molecule has 0 aliphatic carbocycles. The van der Waals surface area contributed by atoms with Gasteiger partial charge in [0.15, 0.2) is 5.96 Å². The molecule has 0 bridgehead atoms. The van der Waals surface area contributed by atoms with Crippen molar-refractivity contribution in [1.29, 1.82) is 0 Å². The van der Waals surface area contributed by atoms with Crippen LogP contribution in [0.15, 0.2) is 29.3 Å². The fraction of sp³-hybridized carbons (Fsp3) is 0.632. The molecule has 0 aromatic heterocycles. The largest absolute Gasteiger partial charge is 0.489 e. The zero-order valence-electron chi connectivity index (χ0n) is 15.6. The van der Waals surface area contributed by atoms with Crippen LogP contribution in [0.5, 0.6) is 5.75 Å². The zero-order valence-corrected chi connectivity index (χ0v) is 15.6. The highest BCUT2D eigenvalue weighted by Gasteiger charge is 2.34. The Balaban J connectivity index is 1.87. The summed E-state index contributed by atoms with van der Waals surface area (Å²) in [6.07, 6.45) is 1.51. The van der Waals surface area contributed by atoms with Crippen molar-refractivity contribution in [2.24, 2.45) is 10.4 Å². The Hall–Kier alpha value is -1.86. The maximum Gasteiger partial charge on any atom is 0.191 e. The topological polar surface area (TPSA) is 75.1 Å². The number of hydrogen-bond acceptors (Lipinski definition) is 4. The summed E-state index contributed by atoms with van der Waals surface area (Å²) in [4.78, 5) is 4.68. The predicted molar refractivity (Wildman–Crippen MR) is 100 cm³/mol. The summed E-state index contributed by atoms with van der Waals surface area (Å²) in [6.45, 7) is 7.38. The number of guanidine groups is 1. The Labute approximate surface area is 154 Å². The van der Waals surface area contributed by atoms with E-state index < -0.39 is 0 Å². The fourth-order valence-electron chi connectivity index (χ4n) is 2.90. The molecule has 0 radical (unpaired) electrons. The molecule has 26 heavy (non-hydrogen) atoms. The molecule has 2 unspecified atom stereocenters. The second-order valence-electron chi connectivity index (χ2n) is 6.73. The van der Waals surface area contributed by atoms with Gasteiger partial charge in [-0.1, -0.05) is 0 Å². The third-order valence-electron chi connectivity index (χ3n) is 4.45. The Kier molecular flexibility index (Phi) is 8.12. The van der Waals surface area contributed by atoms with Gasteiger partial charge in [-0.05, 0) is 51.0 Å². The Bertz CT molecular complexity index is 560. The molecular weight excluding hydrogens is 337 g/mol. The van der Waals surface area contributed by atoms with E-state index in [0.717, 1.165) is 19.6 Å². The molecule has 1 aliphatic heterocycles. The number of rotatable bonds is 9. The standard InChI is InChI=1S/C19H30FN3O3/c1-3-21-18(23-13-19(8-10-24)9-11-25-14-19)22-12-15(2)26-17-6-4-16(20)5-7-17/h4-7,15,24H,3,8-14H2,1-2H3,(H2,21,22,23). The van der Waals surface area contributed by atoms with Crippen LogP contribution in [0, 0.1) is 11.2 Å². The molecule has 1 aromatic rings. The molecule has 1 aromatic carbocycles. The summed E-state index contributed by atoms with van der Waals surface area (Å²) < 4.78 is 24.2. The second-order valence-corrected chi connectivity index (χ2v) is 6.73. The summed E-state index contributed by atoms with van der Waals surface area (Å²) in [5, 5.41) is 15.8. The highest BCUT2D eigenvalue weighted by atomic mass is 19.1. The first-order valence-corrected chi connectivity index (χ1v) is 9.20. The van der Waals surface area contributed by atoms with Gasteiger partial charge in [0.1, 0.15) is 17.7 Å². The minimum atomic E-state index is -0.280. The van der Waals surface area contributed by atoms with E-state index in [-0.39, 0.29) is 23.9 Å². The van der Waals surface area contributed by atoms with Gasteiger partial charge >= 0.3 is 0 Å². The molecule has 0 saturated carbocycles. The van der Waals surface area contributed by atoms with Crippen molar-refractivity contribution >= 4 is 5.96 Å². The first-order chi connectivity index (χ1) is 12.6. The van der Waals surface area contributed by atoms with Crippen molar-refractivity contribution in [1.82, 2.24) is 10.6 Å². The van der Waals surface area contributed by atoms with Crippen molar-refractivity contribution in [3.05, 3.63) is 30.1 Å². The fourth-order valence-corrected chi connectivity index (χ4v) is 2.90. The van der Waals surface area contributed by atoms with Crippen molar-refractivity contribution in [3.63, 3.8) is 0 Å². The van der Waals surface area contributed by atoms with E-state index >= 15 is 0 Å². The van der Waals surface area contributed by atoms with Crippen LogP contribution in [0.3, 0.4) is 0 Å². The lowest BCUT2D eigenvalue weighted by atomic mass is 9.84. The van der Waals surface area contributed by atoms with Gasteiger partial charge < -0.3 is 25.2 Å². The van der Waals surface area contributed by atoms with E-state index in [1.54, 1.807) is 12.1 Å². The van der Waals surface area contributed by atoms with Crippen LogP contribution in [-0.4, -0.2) is 56.6 Å². The summed E-state index contributed by atoms with van der Waals surface area (Å²) >= 11 is 0. The number of aliphatic hydroxyl groups excluding tert-OH is 1. The van der Waals surface area contributed by atoms with Gasteiger partial charge in [-0.3, -0.25) is 4.99 Å². The summed E-state index contributed by atoms with van der Waals surface area (Å²) in [5.74, 6) is 1.07. The molecule has 1 saturated heterocycles. The van der Waals surface area contributed by atoms with Gasteiger partial charge in [0.25, 0.3) is 0 Å². The van der Waals surface area contributed by atoms with Crippen LogP contribution in [0.2, 0.25) is 0 Å². The number of nitrogens with zero attached hydrogens (tertiary/aromatic N) is 1. The molecule has 146 valence electrons. The van der Waals surface area contributed by atoms with Gasteiger partial charge in [0, 0.05) is 25.2 Å². The average Bonchev–Trinajstić information content (AvgIpc) is 3.08. The van der Waals surface area contributed by atoms with Crippen LogP contribution >= 0.6 is 0 Å². The molecule has 2 atom stereocenters. The lowest BCUT2D eigenvalue weighted by Crippen LogP contribution is -2.42. The smallest absolute Gasteiger partial charge is 0.191 e. The molecule has 1 aliphatic rings. The quantitative estimate of drug-likeness (QED) is 0.459. The molecule has 3 N–H and O–H groups in total. The van der Waals surface area contributed by atoms with Gasteiger partial charge in [0.2, 0.25) is 0 Å². The highest BCUT2D eigenvalue weighted by molar-refractivity contribution is 5.79. The Morgan fingerprint density at radius 2 is 2.15 bits per heavy atom. The molecule has 6 nitrogen and oxygen atoms in total. The zero-order chi connectivity index (χ0) is 18.8. The van der Waals surface area contributed by atoms with E-state index in [1.807, 2.05) is 13.8 Å². The molecule has 1 heterocycles. The number of aliphatic imine (C=N–C) groups is 1. The third-order valence-corrected chi connectivity index (χ3v) is 4.45. The van der Waals surface area contributed by atoms with E-state index in [9.17, 15) is 9.50 Å². The predicted octanol–water partition coefficient (Wildman–Crippen LogP) is 1.94. The second kappa shape index (κ2) is 10.3. The number of nitrogens with one attached hydrogen (secondary N) is 2. The van der Waals surface area contributed by atoms with Crippen molar-refractivity contribution in [3.8, 4) is 5.75 Å². The summed E-state index contributed by atoms with van der Waals surface area (Å²) in [5.41, 5.74) is -0.0761. The molecule has 0 amide bonds. The maximum absolute atomic E-state index is 12.9. The van der Waals surface area contributed by atoms with Gasteiger partial charge in [-0.25, -0.2) is 4.39 Å². The van der Waals surface area contributed by atoms with Crippen molar-refractivity contribution in [2.45, 2.75) is 32.8 Å². The highest BCUT2D eigenvalue weighted by Crippen LogP contribution is 2.32. The molecule has 1 fully saturated rings. The van der Waals surface area contributed by atoms with Crippen LogP contribution in [-0.2, 0) is 4.74 Å². The first kappa shape index (κ1) is 20.5. The lowest BCUT2D eigenvalue weighted by molar-refractivity contribution is 0.131. The third kappa shape index (κ3) is 6.46. The van der Waals surface area contributed by atoms with Gasteiger partial charge in [0.05, 0.1) is 19.7 Å². The van der Waals surface area contributed by atoms with E-state index in [2.05, 4.69) is 15.6 Å². The van der Waals surface area contributed by atoms with Gasteiger partial charge in [-0.15, -0.1) is 0 Å². The molecule has 7 heteroatoms. The minimum absolute atomic E-state index is 0.0761. The van der Waals surface area contributed by atoms with Crippen LogP contribution in [0.1, 0.15) is 26.7 Å². The van der Waals surface area contributed by atoms with E-state index in [1.165, 1.54) is 12.1 Å². The number of aliphatic hydroxyl groups is 1. The molecular formula is C19H30FN3O3. The van der Waals surface area contributed by atoms with Crippen LogP contribution in [0.4, 0.5) is 4.39 Å². The SMILES string of the molecule is CCNC(=NCC1(CCO)CCOC1)NCC(C)Oc1ccc(F)cc1. The molecule has 0 spiro atoms. The number of benzene rings is 1. The van der Waals surface area contributed by atoms with Crippen molar-refractivity contribution in [2.75, 3.05) is 39.5 Å². The number of halogens is 1. The lowest BCUT2D eigenvalue weighted by Gasteiger charge is -2.25. The average molecular weight is 367 g/mol. The van der Waals surface area contributed by atoms with E-state index in [0.29, 0.717) is 37.8 Å². The van der Waals surface area contributed by atoms with E-state index in [4.69, 9.17) is 9.47 Å². The molecule has 2 rings (SSSR count). The maximum atomic E-state index is 12.9.